The van der Waals surface area contributed by atoms with E-state index in [-0.39, 0.29) is 0 Å². The molecule has 2 aromatic rings. The van der Waals surface area contributed by atoms with Gasteiger partial charge in [-0.1, -0.05) is 67.8 Å². The van der Waals surface area contributed by atoms with E-state index in [4.69, 9.17) is 6.42 Å². The molecule has 0 unspecified atom stereocenters. The summed E-state index contributed by atoms with van der Waals surface area (Å²) in [6.07, 6.45) is 6.85. The fourth-order valence-corrected chi connectivity index (χ4v) is 1.84. The van der Waals surface area contributed by atoms with Gasteiger partial charge in [-0.25, -0.2) is 0 Å². The van der Waals surface area contributed by atoms with Gasteiger partial charge in [0.1, 0.15) is 5.78 Å². The first-order valence-electron chi connectivity index (χ1n) is 7.26. The molecular weight excluding hydrogens is 256 g/mol. The van der Waals surface area contributed by atoms with E-state index < -0.39 is 0 Å². The van der Waals surface area contributed by atoms with Crippen LogP contribution in [0.5, 0.6) is 0 Å². The standard InChI is InChI=1S/C15H12.C5H10O/c1-3-13-6-4-5-7-15(13)14-10-8-12(2)9-11-14;1-3-5(6)4-2/h1,4-11H,2H3;3-4H2,1-2H3. The fourth-order valence-electron chi connectivity index (χ4n) is 1.84. The molecular formula is C20H22O. The Balaban J connectivity index is 0.000000315. The largest absolute Gasteiger partial charge is 0.300 e. The lowest BCUT2D eigenvalue weighted by Crippen LogP contribution is -1.88. The molecule has 2 rings (SSSR count). The van der Waals surface area contributed by atoms with Gasteiger partial charge in [0.05, 0.1) is 0 Å². The monoisotopic (exact) mass is 278 g/mol. The summed E-state index contributed by atoms with van der Waals surface area (Å²) in [5.74, 6) is 3.05. The van der Waals surface area contributed by atoms with Crippen LogP contribution in [-0.4, -0.2) is 5.78 Å². The van der Waals surface area contributed by atoms with E-state index >= 15 is 0 Å². The van der Waals surface area contributed by atoms with Gasteiger partial charge in [0.25, 0.3) is 0 Å². The molecule has 0 amide bonds. The van der Waals surface area contributed by atoms with Crippen molar-refractivity contribution in [3.63, 3.8) is 0 Å². The van der Waals surface area contributed by atoms with Crippen LogP contribution in [0.3, 0.4) is 0 Å². The minimum atomic E-state index is 0.343. The van der Waals surface area contributed by atoms with Gasteiger partial charge in [-0.3, -0.25) is 4.79 Å². The second-order valence-corrected chi connectivity index (χ2v) is 4.80. The van der Waals surface area contributed by atoms with Gasteiger partial charge in [-0.05, 0) is 24.1 Å². The van der Waals surface area contributed by atoms with E-state index in [1.165, 1.54) is 11.1 Å². The highest BCUT2D eigenvalue weighted by molar-refractivity contribution is 5.77. The van der Waals surface area contributed by atoms with E-state index in [0.717, 1.165) is 11.1 Å². The molecule has 0 saturated heterocycles. The predicted molar refractivity (Wildman–Crippen MR) is 90.1 cm³/mol. The van der Waals surface area contributed by atoms with Crippen LogP contribution in [0.1, 0.15) is 37.8 Å². The molecule has 0 spiro atoms. The summed E-state index contributed by atoms with van der Waals surface area (Å²) in [5.41, 5.74) is 4.51. The molecule has 0 N–H and O–H groups in total. The summed E-state index contributed by atoms with van der Waals surface area (Å²) < 4.78 is 0. The van der Waals surface area contributed by atoms with Gasteiger partial charge in [0, 0.05) is 18.4 Å². The minimum absolute atomic E-state index is 0.343. The quantitative estimate of drug-likeness (QED) is 0.720. The maximum atomic E-state index is 10.2. The SMILES string of the molecule is C#Cc1ccccc1-c1ccc(C)cc1.CCC(=O)CC. The number of hydrogen-bond acceptors (Lipinski definition) is 1. The third-order valence-corrected chi connectivity index (χ3v) is 3.23. The molecule has 21 heavy (non-hydrogen) atoms. The van der Waals surface area contributed by atoms with Crippen molar-refractivity contribution in [1.82, 2.24) is 0 Å². The van der Waals surface area contributed by atoms with Crippen LogP contribution in [0.15, 0.2) is 48.5 Å². The Morgan fingerprint density at radius 3 is 2.05 bits per heavy atom. The van der Waals surface area contributed by atoms with Gasteiger partial charge in [0.2, 0.25) is 0 Å². The third-order valence-electron chi connectivity index (χ3n) is 3.23. The Hall–Kier alpha value is -2.33. The zero-order valence-corrected chi connectivity index (χ0v) is 13.0. The highest BCUT2D eigenvalue weighted by Crippen LogP contribution is 2.23. The number of benzene rings is 2. The highest BCUT2D eigenvalue weighted by Gasteiger charge is 2.01. The van der Waals surface area contributed by atoms with E-state index in [2.05, 4.69) is 43.2 Å². The van der Waals surface area contributed by atoms with Gasteiger partial charge in [-0.15, -0.1) is 6.42 Å². The molecule has 0 atom stereocenters. The van der Waals surface area contributed by atoms with E-state index in [1.807, 2.05) is 32.0 Å². The zero-order chi connectivity index (χ0) is 15.7. The Bertz CT molecular complexity index is 609. The second-order valence-electron chi connectivity index (χ2n) is 4.80. The number of ketones is 1. The maximum absolute atomic E-state index is 10.2. The lowest BCUT2D eigenvalue weighted by Gasteiger charge is -2.04. The lowest BCUT2D eigenvalue weighted by atomic mass is 9.99. The molecule has 0 fully saturated rings. The van der Waals surface area contributed by atoms with E-state index in [1.54, 1.807) is 0 Å². The molecule has 0 radical (unpaired) electrons. The molecule has 2 aromatic carbocycles. The summed E-state index contributed by atoms with van der Waals surface area (Å²) in [5, 5.41) is 0. The number of terminal acetylenes is 1. The van der Waals surface area contributed by atoms with Crippen molar-refractivity contribution in [3.05, 3.63) is 59.7 Å². The average Bonchev–Trinajstić information content (AvgIpc) is 2.55. The Kier molecular flexibility index (Phi) is 6.98. The minimum Gasteiger partial charge on any atom is -0.300 e. The van der Waals surface area contributed by atoms with Crippen molar-refractivity contribution in [3.8, 4) is 23.5 Å². The summed E-state index contributed by atoms with van der Waals surface area (Å²) in [7, 11) is 0. The Labute approximate surface area is 128 Å². The molecule has 0 aromatic heterocycles. The van der Waals surface area contributed by atoms with Crippen LogP contribution >= 0.6 is 0 Å². The second kappa shape index (κ2) is 8.76. The first-order valence-corrected chi connectivity index (χ1v) is 7.26. The first kappa shape index (κ1) is 16.7. The zero-order valence-electron chi connectivity index (χ0n) is 13.0. The molecule has 0 aliphatic heterocycles. The van der Waals surface area contributed by atoms with Crippen LogP contribution in [0.2, 0.25) is 0 Å². The van der Waals surface area contributed by atoms with Gasteiger partial charge >= 0.3 is 0 Å². The topological polar surface area (TPSA) is 17.1 Å². The summed E-state index contributed by atoms with van der Waals surface area (Å²) in [4.78, 5) is 10.2. The van der Waals surface area contributed by atoms with Crippen LogP contribution in [0.4, 0.5) is 0 Å². The summed E-state index contributed by atoms with van der Waals surface area (Å²) in [6, 6.07) is 16.4. The van der Waals surface area contributed by atoms with Crippen molar-refractivity contribution >= 4 is 5.78 Å². The molecule has 0 aliphatic rings. The molecule has 108 valence electrons. The fraction of sp³-hybridized carbons (Fsp3) is 0.250. The summed E-state index contributed by atoms with van der Waals surface area (Å²) in [6.45, 7) is 5.84. The van der Waals surface area contributed by atoms with Crippen molar-refractivity contribution in [2.24, 2.45) is 0 Å². The Morgan fingerprint density at radius 1 is 1.00 bits per heavy atom. The number of carbonyl (C=O) groups excluding carboxylic acids is 1. The molecule has 0 saturated carbocycles. The molecule has 0 aliphatic carbocycles. The molecule has 0 heterocycles. The number of Topliss-reactive ketones (excluding diaryl/α,β-unsaturated/α-hetero) is 1. The van der Waals surface area contributed by atoms with E-state index in [9.17, 15) is 4.79 Å². The Morgan fingerprint density at radius 2 is 1.57 bits per heavy atom. The van der Waals surface area contributed by atoms with Gasteiger partial charge in [0.15, 0.2) is 0 Å². The molecule has 1 nitrogen and oxygen atoms in total. The predicted octanol–water partition coefficient (Wildman–Crippen LogP) is 5.02. The maximum Gasteiger partial charge on any atom is 0.132 e. The van der Waals surface area contributed by atoms with Gasteiger partial charge in [-0.2, -0.15) is 0 Å². The van der Waals surface area contributed by atoms with Crippen LogP contribution in [0.25, 0.3) is 11.1 Å². The molecule has 1 heteroatoms. The molecule has 0 bridgehead atoms. The van der Waals surface area contributed by atoms with Gasteiger partial charge < -0.3 is 0 Å². The third kappa shape index (κ3) is 5.28. The van der Waals surface area contributed by atoms with Crippen molar-refractivity contribution in [2.75, 3.05) is 0 Å². The van der Waals surface area contributed by atoms with Crippen LogP contribution in [0, 0.1) is 19.3 Å². The normalized spacial score (nSPS) is 9.24. The first-order chi connectivity index (χ1) is 10.1. The van der Waals surface area contributed by atoms with Crippen molar-refractivity contribution in [2.45, 2.75) is 33.6 Å². The number of carbonyl (C=O) groups is 1. The number of aryl methyl sites for hydroxylation is 1. The highest BCUT2D eigenvalue weighted by atomic mass is 16.1. The smallest absolute Gasteiger partial charge is 0.132 e. The van der Waals surface area contributed by atoms with Crippen LogP contribution in [-0.2, 0) is 4.79 Å². The van der Waals surface area contributed by atoms with E-state index in [0.29, 0.717) is 18.6 Å². The summed E-state index contributed by atoms with van der Waals surface area (Å²) >= 11 is 0. The van der Waals surface area contributed by atoms with Crippen LogP contribution < -0.4 is 0 Å². The average molecular weight is 278 g/mol. The van der Waals surface area contributed by atoms with Crippen molar-refractivity contribution < 1.29 is 4.79 Å². The lowest BCUT2D eigenvalue weighted by molar-refractivity contribution is -0.118. The van der Waals surface area contributed by atoms with Crippen molar-refractivity contribution in [1.29, 1.82) is 0 Å². The number of hydrogen-bond donors (Lipinski definition) is 0. The number of rotatable bonds is 3.